The summed E-state index contributed by atoms with van der Waals surface area (Å²) in [5.41, 5.74) is 2.59. The van der Waals surface area contributed by atoms with Gasteiger partial charge in [0.05, 0.1) is 18.5 Å². The zero-order chi connectivity index (χ0) is 28.4. The maximum Gasteiger partial charge on any atom is 0.260 e. The number of halogens is 4. The molecule has 1 N–H and O–H groups in total. The van der Waals surface area contributed by atoms with Crippen LogP contribution in [0.5, 0.6) is 5.75 Å². The van der Waals surface area contributed by atoms with Gasteiger partial charge >= 0.3 is 0 Å². The fourth-order valence-corrected chi connectivity index (χ4v) is 5.54. The van der Waals surface area contributed by atoms with Gasteiger partial charge in [-0.2, -0.15) is 0 Å². The van der Waals surface area contributed by atoms with Gasteiger partial charge in [-0.1, -0.05) is 49.2 Å². The van der Waals surface area contributed by atoms with Crippen LogP contribution < -0.4 is 9.46 Å². The second-order valence-corrected chi connectivity index (χ2v) is 12.8. The molecule has 2 heterocycles. The topological polar surface area (TPSA) is 84.4 Å². The van der Waals surface area contributed by atoms with Crippen molar-refractivity contribution < 1.29 is 21.9 Å². The first-order valence-electron chi connectivity index (χ1n) is 12.3. The Labute approximate surface area is 237 Å². The number of sulfonamides is 1. The first-order valence-corrected chi connectivity index (χ1v) is 15.0. The van der Waals surface area contributed by atoms with Crippen LogP contribution in [0.3, 0.4) is 0 Å². The summed E-state index contributed by atoms with van der Waals surface area (Å²) in [5, 5.41) is 0.906. The first-order chi connectivity index (χ1) is 18.2. The van der Waals surface area contributed by atoms with Crippen molar-refractivity contribution in [1.82, 2.24) is 14.9 Å². The molecule has 1 aliphatic rings. The normalized spacial score (nSPS) is 16.2. The first kappa shape index (κ1) is 29.5. The van der Waals surface area contributed by atoms with Gasteiger partial charge in [0, 0.05) is 40.2 Å². The molecule has 0 amide bonds. The van der Waals surface area contributed by atoms with Crippen molar-refractivity contribution in [3.63, 3.8) is 0 Å². The van der Waals surface area contributed by atoms with Crippen LogP contribution in [0.4, 0.5) is 14.7 Å². The number of ether oxygens (including phenoxy) is 1. The van der Waals surface area contributed by atoms with Crippen molar-refractivity contribution in [1.29, 1.82) is 0 Å². The van der Waals surface area contributed by atoms with Gasteiger partial charge in [-0.15, -0.1) is 0 Å². The minimum absolute atomic E-state index is 0.0205. The number of hydrogen-bond acceptors (Lipinski definition) is 6. The molecule has 7 nitrogen and oxygen atoms in total. The molecule has 2 aromatic carbocycles. The molecular formula is C27H30Cl2F2N4O3S. The molecule has 0 aliphatic carbocycles. The Morgan fingerprint density at radius 1 is 1.10 bits per heavy atom. The van der Waals surface area contributed by atoms with Crippen molar-refractivity contribution in [2.24, 2.45) is 0 Å². The monoisotopic (exact) mass is 598 g/mol. The smallest absolute Gasteiger partial charge is 0.260 e. The summed E-state index contributed by atoms with van der Waals surface area (Å²) < 4.78 is 58.6. The Morgan fingerprint density at radius 2 is 1.77 bits per heavy atom. The Hall–Kier alpha value is -2.53. The van der Waals surface area contributed by atoms with E-state index in [0.29, 0.717) is 40.0 Å². The summed E-state index contributed by atoms with van der Waals surface area (Å²) in [6.45, 7) is 4.79. The second-order valence-electron chi connectivity index (χ2n) is 10.3. The molecule has 0 atom stereocenters. The van der Waals surface area contributed by atoms with Crippen molar-refractivity contribution in [3.8, 4) is 5.75 Å². The molecule has 1 saturated heterocycles. The third-order valence-corrected chi connectivity index (χ3v) is 7.90. The lowest BCUT2D eigenvalue weighted by molar-refractivity contribution is -0.0661. The minimum atomic E-state index is -3.48. The standard InChI is InChI=1S/C27H30Cl2F2N4O3S/c1-26(2,19-13-23(28)22(24(29)14-19)15-35-12-4-10-27(30,31)17-35)18-5-7-21(8-6-18)38-16-20-9-11-32-25(33-20)34-39(3,36)37/h5-9,11,13-14H,4,10,12,15-17H2,1-3H3,(H,32,33,34). The van der Waals surface area contributed by atoms with Gasteiger partial charge in [0.15, 0.2) is 0 Å². The number of alkyl halides is 2. The Balaban J connectivity index is 1.44. The van der Waals surface area contributed by atoms with E-state index in [1.54, 1.807) is 11.0 Å². The molecular weight excluding hydrogens is 569 g/mol. The fourth-order valence-electron chi connectivity index (χ4n) is 4.50. The number of likely N-dealkylation sites (tertiary alicyclic amines) is 1. The molecule has 1 fully saturated rings. The highest BCUT2D eigenvalue weighted by molar-refractivity contribution is 7.91. The third kappa shape index (κ3) is 7.78. The molecule has 0 spiro atoms. The van der Waals surface area contributed by atoms with E-state index in [-0.39, 0.29) is 32.1 Å². The van der Waals surface area contributed by atoms with Gasteiger partial charge in [0.2, 0.25) is 16.0 Å². The molecule has 1 aliphatic heterocycles. The number of hydrogen-bond donors (Lipinski definition) is 1. The molecule has 1 aromatic heterocycles. The lowest BCUT2D eigenvalue weighted by atomic mass is 9.78. The highest BCUT2D eigenvalue weighted by Crippen LogP contribution is 2.38. The van der Waals surface area contributed by atoms with Gasteiger partial charge < -0.3 is 4.74 Å². The van der Waals surface area contributed by atoms with Crippen molar-refractivity contribution in [2.45, 2.75) is 51.2 Å². The second kappa shape index (κ2) is 11.5. The van der Waals surface area contributed by atoms with E-state index in [2.05, 4.69) is 14.7 Å². The molecule has 0 unspecified atom stereocenters. The van der Waals surface area contributed by atoms with E-state index in [0.717, 1.165) is 17.4 Å². The highest BCUT2D eigenvalue weighted by atomic mass is 35.5. The number of anilines is 1. The quantitative estimate of drug-likeness (QED) is 0.311. The van der Waals surface area contributed by atoms with E-state index in [1.807, 2.05) is 50.2 Å². The average molecular weight is 600 g/mol. The fraction of sp³-hybridized carbons (Fsp3) is 0.407. The molecule has 39 heavy (non-hydrogen) atoms. The molecule has 4 rings (SSSR count). The third-order valence-electron chi connectivity index (χ3n) is 6.67. The minimum Gasteiger partial charge on any atom is -0.487 e. The summed E-state index contributed by atoms with van der Waals surface area (Å²) in [5.74, 6) is -2.11. The summed E-state index contributed by atoms with van der Waals surface area (Å²) in [4.78, 5) is 9.74. The number of rotatable bonds is 9. The number of aromatic nitrogens is 2. The SMILES string of the molecule is CC(C)(c1ccc(OCc2ccnc(NS(C)(=O)=O)n2)cc1)c1cc(Cl)c(CN2CCCC(F)(F)C2)c(Cl)c1. The maximum absolute atomic E-state index is 13.9. The number of nitrogens with one attached hydrogen (secondary N) is 1. The van der Waals surface area contributed by atoms with E-state index in [9.17, 15) is 17.2 Å². The average Bonchev–Trinajstić information content (AvgIpc) is 2.84. The predicted molar refractivity (Wildman–Crippen MR) is 149 cm³/mol. The van der Waals surface area contributed by atoms with Gasteiger partial charge in [0.1, 0.15) is 12.4 Å². The maximum atomic E-state index is 13.9. The zero-order valence-corrected chi connectivity index (χ0v) is 24.2. The molecule has 0 saturated carbocycles. The molecule has 12 heteroatoms. The summed E-state index contributed by atoms with van der Waals surface area (Å²) in [6, 6.07) is 12.9. The summed E-state index contributed by atoms with van der Waals surface area (Å²) in [7, 11) is -3.48. The van der Waals surface area contributed by atoms with Crippen molar-refractivity contribution in [2.75, 3.05) is 24.1 Å². The van der Waals surface area contributed by atoms with Crippen molar-refractivity contribution >= 4 is 39.2 Å². The number of nitrogens with zero attached hydrogens (tertiary/aromatic N) is 3. The van der Waals surface area contributed by atoms with Crippen molar-refractivity contribution in [3.05, 3.63) is 81.1 Å². The Morgan fingerprint density at radius 3 is 2.38 bits per heavy atom. The van der Waals surface area contributed by atoms with Crippen LogP contribution in [0.25, 0.3) is 0 Å². The number of piperidine rings is 1. The van der Waals surface area contributed by atoms with Gasteiger partial charge in [0.25, 0.3) is 5.92 Å². The van der Waals surface area contributed by atoms with Gasteiger partial charge in [-0.3, -0.25) is 9.62 Å². The van der Waals surface area contributed by atoms with Gasteiger partial charge in [-0.05, 0) is 54.4 Å². The molecule has 0 radical (unpaired) electrons. The molecule has 210 valence electrons. The molecule has 3 aromatic rings. The van der Waals surface area contributed by atoms with E-state index in [4.69, 9.17) is 27.9 Å². The highest BCUT2D eigenvalue weighted by Gasteiger charge is 2.35. The lowest BCUT2D eigenvalue weighted by Crippen LogP contribution is -2.42. The van der Waals surface area contributed by atoms with Crippen LogP contribution in [-0.4, -0.2) is 48.6 Å². The van der Waals surface area contributed by atoms with E-state index < -0.39 is 21.4 Å². The predicted octanol–water partition coefficient (Wildman–Crippen LogP) is 6.29. The largest absolute Gasteiger partial charge is 0.487 e. The van der Waals surface area contributed by atoms with Crippen LogP contribution in [0.15, 0.2) is 48.7 Å². The van der Waals surface area contributed by atoms with Crippen LogP contribution in [-0.2, 0) is 28.6 Å². The Kier molecular flexibility index (Phi) is 8.70. The van der Waals surface area contributed by atoms with Crippen LogP contribution in [0.2, 0.25) is 10.0 Å². The Bertz CT molecular complexity index is 1410. The molecule has 0 bridgehead atoms. The van der Waals surface area contributed by atoms with Crippen LogP contribution in [0.1, 0.15) is 49.1 Å². The number of benzene rings is 2. The van der Waals surface area contributed by atoms with Crippen LogP contribution in [0, 0.1) is 0 Å². The van der Waals surface area contributed by atoms with Gasteiger partial charge in [-0.25, -0.2) is 27.2 Å². The van der Waals surface area contributed by atoms with E-state index >= 15 is 0 Å². The summed E-state index contributed by atoms with van der Waals surface area (Å²) in [6.07, 6.45) is 2.83. The lowest BCUT2D eigenvalue weighted by Gasteiger charge is -2.33. The van der Waals surface area contributed by atoms with Crippen LogP contribution >= 0.6 is 23.2 Å². The summed E-state index contributed by atoms with van der Waals surface area (Å²) >= 11 is 13.2. The van der Waals surface area contributed by atoms with E-state index in [1.165, 1.54) is 6.20 Å². The zero-order valence-electron chi connectivity index (χ0n) is 21.8.